The molecule has 0 amide bonds. The standard InChI is InChI=1S/C13H11ClF2N2O2S/c1-8(11-4-2-9(15)6-12(11)16)18-21(19,20)10-3-5-13(14)17-7-10/h2-8,18H,1H3. The van der Waals surface area contributed by atoms with Crippen molar-refractivity contribution in [3.05, 3.63) is 58.9 Å². The maximum absolute atomic E-state index is 13.6. The maximum atomic E-state index is 13.6. The Hall–Kier alpha value is -1.57. The van der Waals surface area contributed by atoms with E-state index in [0.29, 0.717) is 6.07 Å². The van der Waals surface area contributed by atoms with Gasteiger partial charge in [0.2, 0.25) is 10.0 Å². The lowest BCUT2D eigenvalue weighted by molar-refractivity contribution is 0.540. The topological polar surface area (TPSA) is 59.1 Å². The van der Waals surface area contributed by atoms with Crippen LogP contribution in [-0.2, 0) is 10.0 Å². The number of pyridine rings is 1. The van der Waals surface area contributed by atoms with Gasteiger partial charge in [0.1, 0.15) is 21.7 Å². The summed E-state index contributed by atoms with van der Waals surface area (Å²) in [5.74, 6) is -1.55. The third-order valence-corrected chi connectivity index (χ3v) is 4.52. The Kier molecular flexibility index (Phi) is 4.55. The molecule has 0 saturated carbocycles. The van der Waals surface area contributed by atoms with Gasteiger partial charge >= 0.3 is 0 Å². The predicted octanol–water partition coefficient (Wildman–Crippen LogP) is 3.05. The minimum atomic E-state index is -3.88. The lowest BCUT2D eigenvalue weighted by atomic mass is 10.1. The van der Waals surface area contributed by atoms with E-state index < -0.39 is 27.7 Å². The fourth-order valence-corrected chi connectivity index (χ4v) is 3.02. The fraction of sp³-hybridized carbons (Fsp3) is 0.154. The fourth-order valence-electron chi connectivity index (χ4n) is 1.74. The van der Waals surface area contributed by atoms with E-state index in [-0.39, 0.29) is 15.6 Å². The third kappa shape index (κ3) is 3.75. The van der Waals surface area contributed by atoms with Crippen molar-refractivity contribution in [2.75, 3.05) is 0 Å². The Labute approximate surface area is 125 Å². The van der Waals surface area contributed by atoms with Gasteiger partial charge in [0.05, 0.1) is 0 Å². The van der Waals surface area contributed by atoms with Crippen molar-refractivity contribution in [1.82, 2.24) is 9.71 Å². The molecule has 1 aromatic carbocycles. The molecule has 0 saturated heterocycles. The zero-order valence-electron chi connectivity index (χ0n) is 10.8. The van der Waals surface area contributed by atoms with Gasteiger partial charge in [0, 0.05) is 23.9 Å². The highest BCUT2D eigenvalue weighted by Crippen LogP contribution is 2.20. The highest BCUT2D eigenvalue weighted by atomic mass is 35.5. The summed E-state index contributed by atoms with van der Waals surface area (Å²) in [7, 11) is -3.88. The average Bonchev–Trinajstić information content (AvgIpc) is 2.38. The van der Waals surface area contributed by atoms with E-state index in [1.807, 2.05) is 0 Å². The molecular formula is C13H11ClF2N2O2S. The summed E-state index contributed by atoms with van der Waals surface area (Å²) in [6.45, 7) is 1.46. The molecule has 1 unspecified atom stereocenters. The lowest BCUT2D eigenvalue weighted by Crippen LogP contribution is -2.27. The molecule has 1 aromatic heterocycles. The minimum absolute atomic E-state index is 0.0434. The molecule has 2 aromatic rings. The van der Waals surface area contributed by atoms with Crippen LogP contribution in [0.5, 0.6) is 0 Å². The first-order valence-electron chi connectivity index (χ1n) is 5.88. The minimum Gasteiger partial charge on any atom is -0.243 e. The Morgan fingerprint density at radius 2 is 1.95 bits per heavy atom. The predicted molar refractivity (Wildman–Crippen MR) is 74.3 cm³/mol. The molecule has 112 valence electrons. The van der Waals surface area contributed by atoms with Gasteiger partial charge in [-0.1, -0.05) is 17.7 Å². The van der Waals surface area contributed by atoms with Crippen LogP contribution in [0.4, 0.5) is 8.78 Å². The van der Waals surface area contributed by atoms with Gasteiger partial charge < -0.3 is 0 Å². The van der Waals surface area contributed by atoms with Gasteiger partial charge in [0.15, 0.2) is 0 Å². The van der Waals surface area contributed by atoms with Gasteiger partial charge in [-0.25, -0.2) is 26.9 Å². The SMILES string of the molecule is CC(NS(=O)(=O)c1ccc(Cl)nc1)c1ccc(F)cc1F. The third-order valence-electron chi connectivity index (χ3n) is 2.77. The first-order valence-corrected chi connectivity index (χ1v) is 7.74. The molecule has 0 aliphatic carbocycles. The zero-order chi connectivity index (χ0) is 15.6. The molecule has 0 fully saturated rings. The second-order valence-corrected chi connectivity index (χ2v) is 6.43. The van der Waals surface area contributed by atoms with Crippen LogP contribution >= 0.6 is 11.6 Å². The smallest absolute Gasteiger partial charge is 0.242 e. The van der Waals surface area contributed by atoms with Gasteiger partial charge in [-0.2, -0.15) is 0 Å². The van der Waals surface area contributed by atoms with E-state index in [1.165, 1.54) is 25.1 Å². The Balaban J connectivity index is 2.25. The van der Waals surface area contributed by atoms with Crippen LogP contribution in [-0.4, -0.2) is 13.4 Å². The van der Waals surface area contributed by atoms with Crippen molar-refractivity contribution in [1.29, 1.82) is 0 Å². The Morgan fingerprint density at radius 3 is 2.52 bits per heavy atom. The molecule has 4 nitrogen and oxygen atoms in total. The summed E-state index contributed by atoms with van der Waals surface area (Å²) in [5, 5.41) is 0.159. The van der Waals surface area contributed by atoms with Crippen LogP contribution < -0.4 is 4.72 Å². The zero-order valence-corrected chi connectivity index (χ0v) is 12.4. The molecule has 1 atom stereocenters. The van der Waals surface area contributed by atoms with Crippen LogP contribution in [0.15, 0.2) is 41.4 Å². The summed E-state index contributed by atoms with van der Waals surface area (Å²) in [4.78, 5) is 3.58. The number of sulfonamides is 1. The van der Waals surface area contributed by atoms with Crippen LogP contribution in [0, 0.1) is 11.6 Å². The summed E-state index contributed by atoms with van der Waals surface area (Å²) in [5.41, 5.74) is 0.0434. The first-order chi connectivity index (χ1) is 9.79. The number of rotatable bonds is 4. The summed E-state index contributed by atoms with van der Waals surface area (Å²) < 4.78 is 53.0. The second kappa shape index (κ2) is 6.05. The molecule has 2 rings (SSSR count). The molecule has 0 radical (unpaired) electrons. The van der Waals surface area contributed by atoms with Gasteiger partial charge in [0.25, 0.3) is 0 Å². The number of benzene rings is 1. The maximum Gasteiger partial charge on any atom is 0.242 e. The highest BCUT2D eigenvalue weighted by molar-refractivity contribution is 7.89. The normalized spacial score (nSPS) is 13.1. The van der Waals surface area contributed by atoms with Crippen LogP contribution in [0.1, 0.15) is 18.5 Å². The quantitative estimate of drug-likeness (QED) is 0.875. The Morgan fingerprint density at radius 1 is 1.24 bits per heavy atom. The number of nitrogens with one attached hydrogen (secondary N) is 1. The molecule has 21 heavy (non-hydrogen) atoms. The van der Waals surface area contributed by atoms with E-state index in [0.717, 1.165) is 12.3 Å². The van der Waals surface area contributed by atoms with E-state index in [4.69, 9.17) is 11.6 Å². The molecular weight excluding hydrogens is 322 g/mol. The van der Waals surface area contributed by atoms with Crippen molar-refractivity contribution < 1.29 is 17.2 Å². The number of halogens is 3. The van der Waals surface area contributed by atoms with Crippen molar-refractivity contribution in [3.63, 3.8) is 0 Å². The number of aromatic nitrogens is 1. The van der Waals surface area contributed by atoms with E-state index in [1.54, 1.807) is 0 Å². The summed E-state index contributed by atoms with van der Waals surface area (Å²) >= 11 is 5.59. The summed E-state index contributed by atoms with van der Waals surface area (Å²) in [6.07, 6.45) is 1.10. The van der Waals surface area contributed by atoms with Crippen LogP contribution in [0.3, 0.4) is 0 Å². The van der Waals surface area contributed by atoms with Crippen molar-refractivity contribution in [2.45, 2.75) is 17.9 Å². The van der Waals surface area contributed by atoms with E-state index >= 15 is 0 Å². The first kappa shape index (κ1) is 15.8. The van der Waals surface area contributed by atoms with Crippen molar-refractivity contribution >= 4 is 21.6 Å². The van der Waals surface area contributed by atoms with E-state index in [2.05, 4.69) is 9.71 Å². The molecule has 1 N–H and O–H groups in total. The number of hydrogen-bond acceptors (Lipinski definition) is 3. The van der Waals surface area contributed by atoms with Gasteiger partial charge in [-0.05, 0) is 25.1 Å². The lowest BCUT2D eigenvalue weighted by Gasteiger charge is -2.15. The van der Waals surface area contributed by atoms with Crippen molar-refractivity contribution in [3.8, 4) is 0 Å². The molecule has 0 aliphatic rings. The number of hydrogen-bond donors (Lipinski definition) is 1. The second-order valence-electron chi connectivity index (χ2n) is 4.33. The number of nitrogens with zero attached hydrogens (tertiary/aromatic N) is 1. The van der Waals surface area contributed by atoms with E-state index in [9.17, 15) is 17.2 Å². The van der Waals surface area contributed by atoms with Crippen LogP contribution in [0.25, 0.3) is 0 Å². The van der Waals surface area contributed by atoms with Crippen molar-refractivity contribution in [2.24, 2.45) is 0 Å². The largest absolute Gasteiger partial charge is 0.243 e. The monoisotopic (exact) mass is 332 g/mol. The highest BCUT2D eigenvalue weighted by Gasteiger charge is 2.20. The van der Waals surface area contributed by atoms with Crippen LogP contribution in [0.2, 0.25) is 5.15 Å². The molecule has 0 aliphatic heterocycles. The molecule has 0 bridgehead atoms. The summed E-state index contributed by atoms with van der Waals surface area (Å²) in [6, 6.07) is 4.70. The Bertz CT molecular complexity index is 751. The van der Waals surface area contributed by atoms with Gasteiger partial charge in [-0.15, -0.1) is 0 Å². The average molecular weight is 333 g/mol. The van der Waals surface area contributed by atoms with Gasteiger partial charge in [-0.3, -0.25) is 0 Å². The molecule has 8 heteroatoms. The molecule has 0 spiro atoms. The molecule has 1 heterocycles.